The number of para-hydroxylation sites is 1. The Bertz CT molecular complexity index is 1440. The first-order valence-corrected chi connectivity index (χ1v) is 14.4. The van der Waals surface area contributed by atoms with Crippen molar-refractivity contribution in [2.75, 3.05) is 13.7 Å². The summed E-state index contributed by atoms with van der Waals surface area (Å²) in [4.78, 5) is 32.5. The molecule has 0 spiro atoms. The molecule has 5 rings (SSSR count). The highest BCUT2D eigenvalue weighted by Crippen LogP contribution is 2.48. The second-order valence-electron chi connectivity index (χ2n) is 10.7. The smallest absolute Gasteiger partial charge is 0.315 e. The molecule has 0 N–H and O–H groups in total. The number of nitrogens with zero attached hydrogens (tertiary/aromatic N) is 1. The van der Waals surface area contributed by atoms with Crippen LogP contribution in [0.1, 0.15) is 68.1 Å². The van der Waals surface area contributed by atoms with Crippen molar-refractivity contribution in [2.45, 2.75) is 58.0 Å². The highest BCUT2D eigenvalue weighted by molar-refractivity contribution is 6.09. The van der Waals surface area contributed by atoms with Gasteiger partial charge in [0.05, 0.1) is 13.7 Å². The van der Waals surface area contributed by atoms with Crippen molar-refractivity contribution in [3.8, 4) is 11.5 Å². The van der Waals surface area contributed by atoms with E-state index in [9.17, 15) is 9.59 Å². The first-order chi connectivity index (χ1) is 20.0. The molecule has 212 valence electrons. The molecule has 6 heteroatoms. The van der Waals surface area contributed by atoms with Crippen molar-refractivity contribution in [3.05, 3.63) is 107 Å². The summed E-state index contributed by atoms with van der Waals surface area (Å²) < 4.78 is 17.4. The van der Waals surface area contributed by atoms with Crippen molar-refractivity contribution >= 4 is 17.5 Å². The van der Waals surface area contributed by atoms with E-state index in [1.165, 1.54) is 0 Å². The largest absolute Gasteiger partial charge is 0.497 e. The van der Waals surface area contributed by atoms with Gasteiger partial charge in [0.25, 0.3) is 0 Å². The maximum Gasteiger partial charge on any atom is 0.315 e. The van der Waals surface area contributed by atoms with Crippen molar-refractivity contribution in [3.63, 3.8) is 0 Å². The molecule has 2 aliphatic rings. The number of benzene rings is 3. The number of carbonyl (C=O) groups excluding carboxylic acids is 2. The van der Waals surface area contributed by atoms with Crippen LogP contribution in [-0.4, -0.2) is 31.2 Å². The Morgan fingerprint density at radius 1 is 0.951 bits per heavy atom. The number of carbonyl (C=O) groups is 2. The highest BCUT2D eigenvalue weighted by Gasteiger charge is 2.45. The van der Waals surface area contributed by atoms with Crippen LogP contribution in [0.2, 0.25) is 0 Å². The lowest BCUT2D eigenvalue weighted by atomic mass is 9.69. The highest BCUT2D eigenvalue weighted by atomic mass is 16.5. The number of allylic oxidation sites excluding steroid dienone is 2. The van der Waals surface area contributed by atoms with Gasteiger partial charge in [-0.1, -0.05) is 74.0 Å². The Hall–Kier alpha value is -4.19. The van der Waals surface area contributed by atoms with E-state index in [0.29, 0.717) is 43.1 Å². The number of methoxy groups -OCH3 is 1. The molecule has 0 aromatic heterocycles. The average Bonchev–Trinajstić information content (AvgIpc) is 3.00. The van der Waals surface area contributed by atoms with Crippen LogP contribution in [0.3, 0.4) is 0 Å². The second-order valence-corrected chi connectivity index (χ2v) is 10.7. The molecule has 6 nitrogen and oxygen atoms in total. The molecule has 3 atom stereocenters. The van der Waals surface area contributed by atoms with Crippen LogP contribution in [0.25, 0.3) is 0 Å². The summed E-state index contributed by atoms with van der Waals surface area (Å²) in [7, 11) is 1.64. The molecule has 0 bridgehead atoms. The summed E-state index contributed by atoms with van der Waals surface area (Å²) in [5.41, 5.74) is 4.93. The van der Waals surface area contributed by atoms with Gasteiger partial charge in [-0.15, -0.1) is 0 Å². The third-order valence-corrected chi connectivity index (χ3v) is 7.96. The van der Waals surface area contributed by atoms with E-state index in [1.54, 1.807) is 7.11 Å². The fraction of sp³-hybridized carbons (Fsp3) is 0.343. The number of aliphatic imine (C=N–C) groups is 1. The summed E-state index contributed by atoms with van der Waals surface area (Å²) in [5, 5.41) is 0. The number of hydrogen-bond acceptors (Lipinski definition) is 6. The van der Waals surface area contributed by atoms with E-state index in [-0.39, 0.29) is 17.7 Å². The molecule has 3 aromatic rings. The molecule has 1 aliphatic heterocycles. The quantitative estimate of drug-likeness (QED) is 0.197. The first-order valence-electron chi connectivity index (χ1n) is 14.4. The van der Waals surface area contributed by atoms with Gasteiger partial charge in [0.1, 0.15) is 24.0 Å². The van der Waals surface area contributed by atoms with E-state index in [4.69, 9.17) is 19.2 Å². The van der Waals surface area contributed by atoms with Crippen LogP contribution in [0, 0.1) is 5.92 Å². The predicted molar refractivity (Wildman–Crippen MR) is 159 cm³/mol. The monoisotopic (exact) mass is 551 g/mol. The van der Waals surface area contributed by atoms with Crippen LogP contribution >= 0.6 is 0 Å². The van der Waals surface area contributed by atoms with E-state index in [2.05, 4.69) is 6.92 Å². The molecule has 0 radical (unpaired) electrons. The lowest BCUT2D eigenvalue weighted by Gasteiger charge is -2.37. The molecule has 1 aliphatic carbocycles. The van der Waals surface area contributed by atoms with Gasteiger partial charge in [0, 0.05) is 34.9 Å². The zero-order valence-electron chi connectivity index (χ0n) is 24.0. The van der Waals surface area contributed by atoms with Crippen LogP contribution in [0.15, 0.2) is 95.1 Å². The van der Waals surface area contributed by atoms with Crippen LogP contribution in [-0.2, 0) is 20.9 Å². The number of unbranched alkanes of at least 4 members (excludes halogenated alkanes) is 1. The second kappa shape index (κ2) is 13.0. The summed E-state index contributed by atoms with van der Waals surface area (Å²) in [6.45, 7) is 4.65. The van der Waals surface area contributed by atoms with Gasteiger partial charge in [-0.05, 0) is 55.0 Å². The van der Waals surface area contributed by atoms with Crippen molar-refractivity contribution in [1.29, 1.82) is 0 Å². The van der Waals surface area contributed by atoms with Crippen molar-refractivity contribution in [1.82, 2.24) is 0 Å². The SMILES string of the molecule is CCCCOC(=O)C1C(C)=NC2=C(C(=O)C[C@@H](c3ccc(OC)cc3)C2)[C@@H]1c1ccccc1OCc1ccccc1. The van der Waals surface area contributed by atoms with E-state index >= 15 is 0 Å². The molecule has 3 aromatic carbocycles. The van der Waals surface area contributed by atoms with Crippen molar-refractivity contribution in [2.24, 2.45) is 10.9 Å². The summed E-state index contributed by atoms with van der Waals surface area (Å²) in [5.74, 6) is -0.140. The standard InChI is InChI=1S/C35H37NO5/c1-4-5-19-40-35(38)32-23(2)36-29-20-26(25-15-17-27(39-3)18-16-25)21-30(37)34(29)33(32)28-13-9-10-14-31(28)41-22-24-11-7-6-8-12-24/h6-18,26,32-33H,4-5,19-22H2,1-3H3/t26-,32?,33+/m0/s1. The molecule has 0 fully saturated rings. The Kier molecular flexibility index (Phi) is 8.98. The zero-order valence-corrected chi connectivity index (χ0v) is 24.0. The lowest BCUT2D eigenvalue weighted by Crippen LogP contribution is -2.38. The molecule has 41 heavy (non-hydrogen) atoms. The molecule has 0 saturated carbocycles. The van der Waals surface area contributed by atoms with E-state index < -0.39 is 11.8 Å². The fourth-order valence-electron chi connectivity index (χ4n) is 5.82. The zero-order chi connectivity index (χ0) is 28.8. The Morgan fingerprint density at radius 3 is 2.41 bits per heavy atom. The average molecular weight is 552 g/mol. The van der Waals surface area contributed by atoms with E-state index in [0.717, 1.165) is 41.0 Å². The van der Waals surface area contributed by atoms with Gasteiger partial charge in [0.2, 0.25) is 0 Å². The Labute approximate surface area is 242 Å². The summed E-state index contributed by atoms with van der Waals surface area (Å²) in [6.07, 6.45) is 2.67. The number of rotatable bonds is 10. The number of ketones is 1. The van der Waals surface area contributed by atoms with Gasteiger partial charge in [-0.25, -0.2) is 0 Å². The maximum absolute atomic E-state index is 14.0. The third kappa shape index (κ3) is 6.27. The summed E-state index contributed by atoms with van der Waals surface area (Å²) >= 11 is 0. The molecule has 1 heterocycles. The topological polar surface area (TPSA) is 74.2 Å². The summed E-state index contributed by atoms with van der Waals surface area (Å²) in [6, 6.07) is 25.5. The molecule has 0 saturated heterocycles. The van der Waals surface area contributed by atoms with Crippen LogP contribution in [0.4, 0.5) is 0 Å². The minimum absolute atomic E-state index is 0.00184. The number of hydrogen-bond donors (Lipinski definition) is 0. The molecule has 1 unspecified atom stereocenters. The Morgan fingerprint density at radius 2 is 1.68 bits per heavy atom. The Balaban J connectivity index is 1.53. The minimum Gasteiger partial charge on any atom is -0.497 e. The molecular formula is C35H37NO5. The van der Waals surface area contributed by atoms with Crippen LogP contribution < -0.4 is 9.47 Å². The number of esters is 1. The first kappa shape index (κ1) is 28.3. The van der Waals surface area contributed by atoms with Crippen molar-refractivity contribution < 1.29 is 23.8 Å². The fourth-order valence-corrected chi connectivity index (χ4v) is 5.82. The van der Waals surface area contributed by atoms with Gasteiger partial charge in [-0.2, -0.15) is 0 Å². The lowest BCUT2D eigenvalue weighted by molar-refractivity contribution is -0.146. The van der Waals surface area contributed by atoms with Gasteiger partial charge in [0.15, 0.2) is 5.78 Å². The normalized spacial score (nSPS) is 20.2. The predicted octanol–water partition coefficient (Wildman–Crippen LogP) is 7.19. The third-order valence-electron chi connectivity index (χ3n) is 7.96. The van der Waals surface area contributed by atoms with Gasteiger partial charge >= 0.3 is 5.97 Å². The number of ether oxygens (including phenoxy) is 3. The molecular weight excluding hydrogens is 514 g/mol. The van der Waals surface area contributed by atoms with Crippen LogP contribution in [0.5, 0.6) is 11.5 Å². The van der Waals surface area contributed by atoms with Gasteiger partial charge in [-0.3, -0.25) is 14.6 Å². The maximum atomic E-state index is 14.0. The molecule has 0 amide bonds. The number of Topliss-reactive ketones (excluding diaryl/α,β-unsaturated/α-hetero) is 1. The van der Waals surface area contributed by atoms with E-state index in [1.807, 2.05) is 85.8 Å². The van der Waals surface area contributed by atoms with Gasteiger partial charge < -0.3 is 14.2 Å². The minimum atomic E-state index is -0.700.